The Morgan fingerprint density at radius 3 is 2.14 bits per heavy atom. The van der Waals surface area contributed by atoms with Gasteiger partial charge in [0, 0.05) is 37.8 Å². The highest BCUT2D eigenvalue weighted by atomic mass is 16.2. The van der Waals surface area contributed by atoms with E-state index in [2.05, 4.69) is 20.7 Å². The van der Waals surface area contributed by atoms with Gasteiger partial charge in [-0.1, -0.05) is 17.7 Å². The molecule has 2 aliphatic rings. The van der Waals surface area contributed by atoms with E-state index in [1.165, 1.54) is 38.5 Å². The second-order valence-corrected chi connectivity index (χ2v) is 7.95. The lowest BCUT2D eigenvalue weighted by Crippen LogP contribution is -2.35. The smallest absolute Gasteiger partial charge is 0.269 e. The molecule has 2 aromatic rings. The van der Waals surface area contributed by atoms with Crippen LogP contribution in [0.25, 0.3) is 0 Å². The average Bonchev–Trinajstić information content (AvgIpc) is 2.79. The van der Waals surface area contributed by atoms with E-state index in [1.807, 2.05) is 37.3 Å². The van der Waals surface area contributed by atoms with Crippen molar-refractivity contribution in [2.75, 3.05) is 41.4 Å². The van der Waals surface area contributed by atoms with Crippen molar-refractivity contribution in [1.29, 1.82) is 0 Å². The number of hydrogen-bond donors (Lipinski definition) is 2. The summed E-state index contributed by atoms with van der Waals surface area (Å²) in [7, 11) is 0. The molecule has 3 heterocycles. The number of hydrogen-bond acceptors (Lipinski definition) is 6. The van der Waals surface area contributed by atoms with Gasteiger partial charge in [0.2, 0.25) is 5.95 Å². The van der Waals surface area contributed by atoms with Gasteiger partial charge in [-0.3, -0.25) is 15.6 Å². The molecule has 0 bridgehead atoms. The van der Waals surface area contributed by atoms with Gasteiger partial charge in [-0.25, -0.2) is 0 Å². The number of carbonyl (C=O) groups is 1. The van der Waals surface area contributed by atoms with Gasteiger partial charge >= 0.3 is 0 Å². The van der Waals surface area contributed by atoms with Crippen LogP contribution in [0.15, 0.2) is 30.3 Å². The normalized spacial score (nSPS) is 17.1. The molecule has 0 spiro atoms. The van der Waals surface area contributed by atoms with E-state index in [9.17, 15) is 4.79 Å². The van der Waals surface area contributed by atoms with Crippen molar-refractivity contribution in [2.24, 2.45) is 0 Å². The SMILES string of the molecule is Cc1ccc(C(=O)NNc2cc(N3CCCCC3)nc(N3CCCCC3)n2)cc1. The molecule has 0 radical (unpaired) electrons. The van der Waals surface area contributed by atoms with Crippen LogP contribution in [0.1, 0.15) is 54.4 Å². The summed E-state index contributed by atoms with van der Waals surface area (Å²) in [4.78, 5) is 26.6. The molecule has 7 heteroatoms. The number of benzene rings is 1. The summed E-state index contributed by atoms with van der Waals surface area (Å²) in [6, 6.07) is 9.45. The van der Waals surface area contributed by atoms with Crippen LogP contribution in [0.2, 0.25) is 0 Å². The van der Waals surface area contributed by atoms with Gasteiger partial charge < -0.3 is 9.80 Å². The summed E-state index contributed by atoms with van der Waals surface area (Å²) in [5, 5.41) is 0. The molecule has 1 aromatic carbocycles. The Labute approximate surface area is 172 Å². The maximum absolute atomic E-state index is 12.5. The van der Waals surface area contributed by atoms with Gasteiger partial charge in [-0.2, -0.15) is 9.97 Å². The summed E-state index contributed by atoms with van der Waals surface area (Å²) in [6.45, 7) is 6.01. The van der Waals surface area contributed by atoms with Crippen molar-refractivity contribution in [3.05, 3.63) is 41.5 Å². The van der Waals surface area contributed by atoms with E-state index in [0.29, 0.717) is 11.4 Å². The summed E-state index contributed by atoms with van der Waals surface area (Å²) in [5.41, 5.74) is 7.53. The molecule has 0 atom stereocenters. The van der Waals surface area contributed by atoms with Crippen molar-refractivity contribution in [2.45, 2.75) is 45.4 Å². The third-order valence-electron chi connectivity index (χ3n) is 5.64. The number of amides is 1. The molecule has 0 aliphatic carbocycles. The first-order chi connectivity index (χ1) is 14.2. The van der Waals surface area contributed by atoms with Crippen LogP contribution < -0.4 is 20.7 Å². The number of nitrogens with one attached hydrogen (secondary N) is 2. The maximum Gasteiger partial charge on any atom is 0.269 e. The summed E-state index contributed by atoms with van der Waals surface area (Å²) in [5.74, 6) is 2.14. The van der Waals surface area contributed by atoms with Crippen molar-refractivity contribution >= 4 is 23.5 Å². The Kier molecular flexibility index (Phi) is 6.12. The van der Waals surface area contributed by atoms with Crippen LogP contribution >= 0.6 is 0 Å². The Balaban J connectivity index is 1.52. The number of aromatic nitrogens is 2. The zero-order valence-corrected chi connectivity index (χ0v) is 17.2. The quantitative estimate of drug-likeness (QED) is 0.756. The molecular weight excluding hydrogens is 364 g/mol. The minimum Gasteiger partial charge on any atom is -0.356 e. The Morgan fingerprint density at radius 1 is 0.862 bits per heavy atom. The van der Waals surface area contributed by atoms with Gasteiger partial charge in [-0.15, -0.1) is 0 Å². The van der Waals surface area contributed by atoms with Gasteiger partial charge in [-0.05, 0) is 57.6 Å². The zero-order valence-electron chi connectivity index (χ0n) is 17.2. The van der Waals surface area contributed by atoms with Crippen molar-refractivity contribution in [3.63, 3.8) is 0 Å². The molecule has 29 heavy (non-hydrogen) atoms. The van der Waals surface area contributed by atoms with Gasteiger partial charge in [0.05, 0.1) is 0 Å². The first kappa shape index (κ1) is 19.5. The number of nitrogens with zero attached hydrogens (tertiary/aromatic N) is 4. The average molecular weight is 395 g/mol. The number of carbonyl (C=O) groups excluding carboxylic acids is 1. The fraction of sp³-hybridized carbons (Fsp3) is 0.500. The van der Waals surface area contributed by atoms with Crippen LogP contribution in [0.3, 0.4) is 0 Å². The highest BCUT2D eigenvalue weighted by Gasteiger charge is 2.19. The Bertz CT molecular complexity index is 789. The lowest BCUT2D eigenvalue weighted by molar-refractivity contribution is 0.0962. The molecule has 1 amide bonds. The lowest BCUT2D eigenvalue weighted by Gasteiger charge is -2.31. The molecule has 1 aromatic heterocycles. The molecule has 2 aliphatic heterocycles. The maximum atomic E-state index is 12.5. The number of aryl methyl sites for hydroxylation is 1. The lowest BCUT2D eigenvalue weighted by atomic mass is 10.1. The minimum absolute atomic E-state index is 0.178. The van der Waals surface area contributed by atoms with Crippen LogP contribution in [0.4, 0.5) is 17.6 Å². The largest absolute Gasteiger partial charge is 0.356 e. The van der Waals surface area contributed by atoms with Crippen LogP contribution in [0, 0.1) is 6.92 Å². The van der Waals surface area contributed by atoms with E-state index in [0.717, 1.165) is 43.5 Å². The highest BCUT2D eigenvalue weighted by molar-refractivity contribution is 5.94. The number of rotatable bonds is 5. The molecule has 2 saturated heterocycles. The van der Waals surface area contributed by atoms with Crippen molar-refractivity contribution < 1.29 is 4.79 Å². The number of piperidine rings is 2. The fourth-order valence-electron chi connectivity index (χ4n) is 3.90. The molecule has 7 nitrogen and oxygen atoms in total. The van der Waals surface area contributed by atoms with E-state index in [1.54, 1.807) is 0 Å². The predicted octanol–water partition coefficient (Wildman–Crippen LogP) is 3.52. The molecule has 2 fully saturated rings. The van der Waals surface area contributed by atoms with Crippen LogP contribution in [-0.2, 0) is 0 Å². The Morgan fingerprint density at radius 2 is 1.48 bits per heavy atom. The summed E-state index contributed by atoms with van der Waals surface area (Å²) >= 11 is 0. The van der Waals surface area contributed by atoms with Gasteiger partial charge in [0.25, 0.3) is 5.91 Å². The van der Waals surface area contributed by atoms with E-state index < -0.39 is 0 Å². The summed E-state index contributed by atoms with van der Waals surface area (Å²) < 4.78 is 0. The first-order valence-electron chi connectivity index (χ1n) is 10.7. The molecule has 4 rings (SSSR count). The third kappa shape index (κ3) is 4.96. The monoisotopic (exact) mass is 394 g/mol. The van der Waals surface area contributed by atoms with Crippen LogP contribution in [0.5, 0.6) is 0 Å². The second kappa shape index (κ2) is 9.11. The number of hydrazine groups is 1. The summed E-state index contributed by atoms with van der Waals surface area (Å²) in [6.07, 6.45) is 7.26. The molecule has 154 valence electrons. The molecule has 0 saturated carbocycles. The minimum atomic E-state index is -0.178. The zero-order chi connectivity index (χ0) is 20.1. The highest BCUT2D eigenvalue weighted by Crippen LogP contribution is 2.25. The number of anilines is 3. The standard InChI is InChI=1S/C22H30N6O/c1-17-8-10-18(11-9-17)21(29)26-25-19-16-20(27-12-4-2-5-13-27)24-22(23-19)28-14-6-3-7-15-28/h8-11,16H,2-7,12-15H2,1H3,(H,26,29)(H,23,24,25). The van der Waals surface area contributed by atoms with Crippen molar-refractivity contribution in [3.8, 4) is 0 Å². The molecular formula is C22H30N6O. The van der Waals surface area contributed by atoms with E-state index >= 15 is 0 Å². The second-order valence-electron chi connectivity index (χ2n) is 7.95. The third-order valence-corrected chi connectivity index (χ3v) is 5.64. The fourth-order valence-corrected chi connectivity index (χ4v) is 3.90. The molecule has 2 N–H and O–H groups in total. The Hall–Kier alpha value is -2.83. The topological polar surface area (TPSA) is 73.4 Å². The van der Waals surface area contributed by atoms with Crippen LogP contribution in [-0.4, -0.2) is 42.1 Å². The van der Waals surface area contributed by atoms with Crippen molar-refractivity contribution in [1.82, 2.24) is 15.4 Å². The van der Waals surface area contributed by atoms with E-state index in [-0.39, 0.29) is 5.91 Å². The van der Waals surface area contributed by atoms with Gasteiger partial charge in [0.1, 0.15) is 5.82 Å². The molecule has 0 unspecified atom stereocenters. The first-order valence-corrected chi connectivity index (χ1v) is 10.7. The van der Waals surface area contributed by atoms with E-state index in [4.69, 9.17) is 9.97 Å². The van der Waals surface area contributed by atoms with Gasteiger partial charge in [0.15, 0.2) is 5.82 Å². The predicted molar refractivity (Wildman–Crippen MR) is 116 cm³/mol.